The standard InChI is InChI=1S/C17H22BrNS/c1-3-11-19-15(16-12-13(2)17(18)20-16)10-9-14-7-5-4-6-8-14/h4-8,12,15,19H,3,9-11H2,1-2H3. The van der Waals surface area contributed by atoms with Crippen LogP contribution in [-0.4, -0.2) is 6.54 Å². The molecule has 1 unspecified atom stereocenters. The second-order valence-corrected chi connectivity index (χ2v) is 7.54. The normalized spacial score (nSPS) is 12.6. The van der Waals surface area contributed by atoms with Gasteiger partial charge in [-0.15, -0.1) is 11.3 Å². The maximum absolute atomic E-state index is 3.69. The van der Waals surface area contributed by atoms with Crippen LogP contribution in [0.4, 0.5) is 0 Å². The zero-order valence-electron chi connectivity index (χ0n) is 12.2. The Balaban J connectivity index is 2.03. The quantitative estimate of drug-likeness (QED) is 0.694. The second-order valence-electron chi connectivity index (χ2n) is 5.14. The van der Waals surface area contributed by atoms with Gasteiger partial charge in [0.1, 0.15) is 0 Å². The molecule has 1 N–H and O–H groups in total. The monoisotopic (exact) mass is 351 g/mol. The van der Waals surface area contributed by atoms with Gasteiger partial charge in [0.15, 0.2) is 0 Å². The zero-order valence-corrected chi connectivity index (χ0v) is 14.6. The fraction of sp³-hybridized carbons (Fsp3) is 0.412. The van der Waals surface area contributed by atoms with Gasteiger partial charge in [0.2, 0.25) is 0 Å². The van der Waals surface area contributed by atoms with Crippen molar-refractivity contribution in [2.75, 3.05) is 6.54 Å². The first-order chi connectivity index (χ1) is 9.70. The maximum Gasteiger partial charge on any atom is 0.0731 e. The van der Waals surface area contributed by atoms with E-state index in [0.717, 1.165) is 19.4 Å². The highest BCUT2D eigenvalue weighted by atomic mass is 79.9. The van der Waals surface area contributed by atoms with E-state index >= 15 is 0 Å². The molecular weight excluding hydrogens is 330 g/mol. The van der Waals surface area contributed by atoms with E-state index in [9.17, 15) is 0 Å². The summed E-state index contributed by atoms with van der Waals surface area (Å²) in [7, 11) is 0. The topological polar surface area (TPSA) is 12.0 Å². The van der Waals surface area contributed by atoms with Gasteiger partial charge in [0.25, 0.3) is 0 Å². The summed E-state index contributed by atoms with van der Waals surface area (Å²) in [6, 6.07) is 13.5. The molecule has 1 atom stereocenters. The van der Waals surface area contributed by atoms with Crippen molar-refractivity contribution >= 4 is 27.3 Å². The van der Waals surface area contributed by atoms with E-state index in [4.69, 9.17) is 0 Å². The number of rotatable bonds is 7. The highest BCUT2D eigenvalue weighted by Crippen LogP contribution is 2.33. The molecule has 0 aliphatic carbocycles. The highest BCUT2D eigenvalue weighted by Gasteiger charge is 2.14. The number of thiophene rings is 1. The van der Waals surface area contributed by atoms with E-state index in [1.54, 1.807) is 0 Å². The van der Waals surface area contributed by atoms with Gasteiger partial charge in [-0.1, -0.05) is 37.3 Å². The number of benzene rings is 1. The Morgan fingerprint density at radius 2 is 2.00 bits per heavy atom. The Morgan fingerprint density at radius 1 is 1.25 bits per heavy atom. The summed E-state index contributed by atoms with van der Waals surface area (Å²) in [6.45, 7) is 5.46. The summed E-state index contributed by atoms with van der Waals surface area (Å²) < 4.78 is 1.26. The van der Waals surface area contributed by atoms with E-state index < -0.39 is 0 Å². The van der Waals surface area contributed by atoms with Crippen LogP contribution < -0.4 is 5.32 Å². The molecule has 108 valence electrons. The number of hydrogen-bond donors (Lipinski definition) is 1. The first kappa shape index (κ1) is 15.7. The Kier molecular flexibility index (Phi) is 6.27. The molecule has 0 saturated carbocycles. The summed E-state index contributed by atoms with van der Waals surface area (Å²) in [5, 5.41) is 3.69. The molecule has 0 aliphatic heterocycles. The van der Waals surface area contributed by atoms with Gasteiger partial charge >= 0.3 is 0 Å². The van der Waals surface area contributed by atoms with Gasteiger partial charge in [0.05, 0.1) is 3.79 Å². The van der Waals surface area contributed by atoms with Gasteiger partial charge < -0.3 is 5.32 Å². The lowest BCUT2D eigenvalue weighted by Crippen LogP contribution is -2.21. The van der Waals surface area contributed by atoms with Crippen molar-refractivity contribution in [3.05, 3.63) is 56.2 Å². The van der Waals surface area contributed by atoms with E-state index in [-0.39, 0.29) is 0 Å². The lowest BCUT2D eigenvalue weighted by atomic mass is 10.0. The van der Waals surface area contributed by atoms with Crippen molar-refractivity contribution in [3.8, 4) is 0 Å². The minimum Gasteiger partial charge on any atom is -0.309 e. The number of hydrogen-bond acceptors (Lipinski definition) is 2. The predicted octanol–water partition coefficient (Wildman–Crippen LogP) is 5.49. The van der Waals surface area contributed by atoms with Crippen LogP contribution in [0.5, 0.6) is 0 Å². The fourth-order valence-corrected chi connectivity index (χ4v) is 3.96. The lowest BCUT2D eigenvalue weighted by Gasteiger charge is -2.17. The lowest BCUT2D eigenvalue weighted by molar-refractivity contribution is 0.506. The number of halogens is 1. The van der Waals surface area contributed by atoms with Crippen LogP contribution >= 0.6 is 27.3 Å². The molecule has 0 radical (unpaired) electrons. The average molecular weight is 352 g/mol. The van der Waals surface area contributed by atoms with Crippen LogP contribution in [-0.2, 0) is 6.42 Å². The molecule has 2 rings (SSSR count). The third kappa shape index (κ3) is 4.44. The van der Waals surface area contributed by atoms with Crippen molar-refractivity contribution in [2.45, 2.75) is 39.2 Å². The van der Waals surface area contributed by atoms with Crippen molar-refractivity contribution < 1.29 is 0 Å². The summed E-state index contributed by atoms with van der Waals surface area (Å²) in [5.74, 6) is 0. The van der Waals surface area contributed by atoms with Crippen LogP contribution in [0.25, 0.3) is 0 Å². The van der Waals surface area contributed by atoms with Crippen LogP contribution in [0.1, 0.15) is 41.8 Å². The molecule has 3 heteroatoms. The molecule has 1 nitrogen and oxygen atoms in total. The molecule has 2 aromatic rings. The molecule has 0 fully saturated rings. The van der Waals surface area contributed by atoms with Crippen molar-refractivity contribution in [1.29, 1.82) is 0 Å². The summed E-state index contributed by atoms with van der Waals surface area (Å²) in [4.78, 5) is 1.44. The highest BCUT2D eigenvalue weighted by molar-refractivity contribution is 9.11. The van der Waals surface area contributed by atoms with Crippen LogP contribution in [0.3, 0.4) is 0 Å². The van der Waals surface area contributed by atoms with Crippen LogP contribution in [0.2, 0.25) is 0 Å². The molecule has 0 aliphatic rings. The van der Waals surface area contributed by atoms with E-state index in [0.29, 0.717) is 6.04 Å². The van der Waals surface area contributed by atoms with Crippen molar-refractivity contribution in [3.63, 3.8) is 0 Å². The number of aryl methyl sites for hydroxylation is 2. The first-order valence-electron chi connectivity index (χ1n) is 7.24. The van der Waals surface area contributed by atoms with E-state index in [2.05, 4.69) is 71.5 Å². The molecule has 1 heterocycles. The Hall–Kier alpha value is -0.640. The van der Waals surface area contributed by atoms with E-state index in [1.165, 1.54) is 26.2 Å². The smallest absolute Gasteiger partial charge is 0.0731 e. The Morgan fingerprint density at radius 3 is 2.60 bits per heavy atom. The van der Waals surface area contributed by atoms with Crippen LogP contribution in [0.15, 0.2) is 40.2 Å². The van der Waals surface area contributed by atoms with Gasteiger partial charge in [0, 0.05) is 10.9 Å². The average Bonchev–Trinajstić information content (AvgIpc) is 2.80. The van der Waals surface area contributed by atoms with Gasteiger partial charge in [-0.25, -0.2) is 0 Å². The Bertz CT molecular complexity index is 502. The van der Waals surface area contributed by atoms with Gasteiger partial charge in [-0.2, -0.15) is 0 Å². The molecule has 1 aromatic heterocycles. The predicted molar refractivity (Wildman–Crippen MR) is 92.6 cm³/mol. The maximum atomic E-state index is 3.69. The van der Waals surface area contributed by atoms with Crippen LogP contribution in [0, 0.1) is 6.92 Å². The van der Waals surface area contributed by atoms with Gasteiger partial charge in [-0.3, -0.25) is 0 Å². The molecule has 0 amide bonds. The molecule has 0 bridgehead atoms. The third-order valence-corrected chi connectivity index (χ3v) is 5.68. The number of nitrogens with one attached hydrogen (secondary N) is 1. The minimum absolute atomic E-state index is 0.463. The third-order valence-electron chi connectivity index (χ3n) is 3.42. The summed E-state index contributed by atoms with van der Waals surface area (Å²) >= 11 is 5.50. The molecular formula is C17H22BrNS. The summed E-state index contributed by atoms with van der Waals surface area (Å²) in [5.41, 5.74) is 2.76. The second kappa shape index (κ2) is 7.96. The fourth-order valence-electron chi connectivity index (χ4n) is 2.27. The van der Waals surface area contributed by atoms with E-state index in [1.807, 2.05) is 11.3 Å². The zero-order chi connectivity index (χ0) is 14.4. The molecule has 0 saturated heterocycles. The molecule has 20 heavy (non-hydrogen) atoms. The van der Waals surface area contributed by atoms with Crippen molar-refractivity contribution in [2.24, 2.45) is 0 Å². The first-order valence-corrected chi connectivity index (χ1v) is 8.84. The Labute approximate surface area is 134 Å². The molecule has 0 spiro atoms. The van der Waals surface area contributed by atoms with Gasteiger partial charge in [-0.05, 0) is 65.9 Å². The SMILES string of the molecule is CCCNC(CCc1ccccc1)c1cc(C)c(Br)s1. The minimum atomic E-state index is 0.463. The van der Waals surface area contributed by atoms with Crippen molar-refractivity contribution in [1.82, 2.24) is 5.32 Å². The largest absolute Gasteiger partial charge is 0.309 e. The summed E-state index contributed by atoms with van der Waals surface area (Å²) in [6.07, 6.45) is 3.44. The molecule has 1 aromatic carbocycles.